The standard InChI is InChI=1S/C12H16O3/c1-8-4-5-9(12(2,3)6-13)11-10(8)14-7-15-11/h4-5,13H,6-7H2,1-3H3. The van der Waals surface area contributed by atoms with E-state index < -0.39 is 0 Å². The number of benzene rings is 1. The molecule has 1 aliphatic heterocycles. The molecule has 2 rings (SSSR count). The molecule has 3 nitrogen and oxygen atoms in total. The SMILES string of the molecule is Cc1ccc(C(C)(C)CO)c2c1OCO2. The lowest BCUT2D eigenvalue weighted by atomic mass is 9.84. The molecular formula is C12H16O3. The minimum atomic E-state index is -0.300. The Morgan fingerprint density at radius 3 is 2.60 bits per heavy atom. The van der Waals surface area contributed by atoms with Crippen LogP contribution in [0.15, 0.2) is 12.1 Å². The first-order valence-electron chi connectivity index (χ1n) is 5.07. The fraction of sp³-hybridized carbons (Fsp3) is 0.500. The average molecular weight is 208 g/mol. The fourth-order valence-electron chi connectivity index (χ4n) is 1.75. The van der Waals surface area contributed by atoms with Crippen LogP contribution in [0.3, 0.4) is 0 Å². The van der Waals surface area contributed by atoms with Crippen molar-refractivity contribution < 1.29 is 14.6 Å². The van der Waals surface area contributed by atoms with Crippen LogP contribution < -0.4 is 9.47 Å². The molecule has 1 aromatic carbocycles. The molecule has 1 N–H and O–H groups in total. The maximum absolute atomic E-state index is 9.35. The molecule has 0 atom stereocenters. The molecule has 0 bridgehead atoms. The maximum Gasteiger partial charge on any atom is 0.231 e. The van der Waals surface area contributed by atoms with Gasteiger partial charge in [0.05, 0.1) is 6.61 Å². The highest BCUT2D eigenvalue weighted by Gasteiger charge is 2.29. The Balaban J connectivity index is 2.55. The Morgan fingerprint density at radius 1 is 1.27 bits per heavy atom. The summed E-state index contributed by atoms with van der Waals surface area (Å²) in [6, 6.07) is 4.00. The lowest BCUT2D eigenvalue weighted by Gasteiger charge is -2.23. The van der Waals surface area contributed by atoms with E-state index in [0.29, 0.717) is 0 Å². The second-order valence-corrected chi connectivity index (χ2v) is 4.54. The van der Waals surface area contributed by atoms with Crippen LogP contribution in [0.1, 0.15) is 25.0 Å². The Labute approximate surface area is 89.6 Å². The zero-order valence-corrected chi connectivity index (χ0v) is 9.33. The quantitative estimate of drug-likeness (QED) is 0.807. The van der Waals surface area contributed by atoms with Gasteiger partial charge in [0, 0.05) is 11.0 Å². The third-order valence-corrected chi connectivity index (χ3v) is 2.84. The highest BCUT2D eigenvalue weighted by Crippen LogP contribution is 2.43. The number of aryl methyl sites for hydroxylation is 1. The van der Waals surface area contributed by atoms with Gasteiger partial charge in [0.2, 0.25) is 6.79 Å². The lowest BCUT2D eigenvalue weighted by molar-refractivity contribution is 0.168. The summed E-state index contributed by atoms with van der Waals surface area (Å²) in [4.78, 5) is 0. The molecule has 0 spiro atoms. The van der Waals surface area contributed by atoms with Crippen molar-refractivity contribution in [3.63, 3.8) is 0 Å². The number of rotatable bonds is 2. The van der Waals surface area contributed by atoms with Gasteiger partial charge in [-0.25, -0.2) is 0 Å². The lowest BCUT2D eigenvalue weighted by Crippen LogP contribution is -2.22. The Hall–Kier alpha value is -1.22. The largest absolute Gasteiger partial charge is 0.453 e. The molecule has 0 amide bonds. The summed E-state index contributed by atoms with van der Waals surface area (Å²) in [6.45, 7) is 6.32. The zero-order chi connectivity index (χ0) is 11.1. The first-order chi connectivity index (χ1) is 7.06. The zero-order valence-electron chi connectivity index (χ0n) is 9.33. The molecule has 0 aliphatic carbocycles. The summed E-state index contributed by atoms with van der Waals surface area (Å²) in [5.74, 6) is 1.60. The predicted molar refractivity (Wildman–Crippen MR) is 57.4 cm³/mol. The second kappa shape index (κ2) is 3.42. The van der Waals surface area contributed by atoms with Crippen LogP contribution in [0.25, 0.3) is 0 Å². The van der Waals surface area contributed by atoms with Gasteiger partial charge >= 0.3 is 0 Å². The van der Waals surface area contributed by atoms with Crippen molar-refractivity contribution in [2.75, 3.05) is 13.4 Å². The Kier molecular flexibility index (Phi) is 2.35. The molecule has 0 saturated carbocycles. The summed E-state index contributed by atoms with van der Waals surface area (Å²) >= 11 is 0. The van der Waals surface area contributed by atoms with Crippen LogP contribution in [-0.2, 0) is 5.41 Å². The van der Waals surface area contributed by atoms with E-state index in [1.807, 2.05) is 32.9 Å². The van der Waals surface area contributed by atoms with Gasteiger partial charge in [-0.15, -0.1) is 0 Å². The van der Waals surface area contributed by atoms with Crippen LogP contribution in [0.5, 0.6) is 11.5 Å². The third kappa shape index (κ3) is 1.57. The number of aliphatic hydroxyl groups is 1. The van der Waals surface area contributed by atoms with Gasteiger partial charge < -0.3 is 14.6 Å². The van der Waals surface area contributed by atoms with Gasteiger partial charge in [-0.05, 0) is 12.5 Å². The predicted octanol–water partition coefficient (Wildman–Crippen LogP) is 1.99. The van der Waals surface area contributed by atoms with Crippen molar-refractivity contribution in [2.45, 2.75) is 26.2 Å². The first-order valence-corrected chi connectivity index (χ1v) is 5.07. The minimum Gasteiger partial charge on any atom is -0.453 e. The smallest absolute Gasteiger partial charge is 0.231 e. The molecule has 1 heterocycles. The molecule has 0 radical (unpaired) electrons. The van der Waals surface area contributed by atoms with Crippen LogP contribution in [0, 0.1) is 6.92 Å². The van der Waals surface area contributed by atoms with E-state index in [-0.39, 0.29) is 18.8 Å². The van der Waals surface area contributed by atoms with Crippen LogP contribution >= 0.6 is 0 Å². The number of ether oxygens (including phenoxy) is 2. The van der Waals surface area contributed by atoms with E-state index in [0.717, 1.165) is 22.6 Å². The Morgan fingerprint density at radius 2 is 1.93 bits per heavy atom. The molecule has 15 heavy (non-hydrogen) atoms. The molecule has 0 saturated heterocycles. The van der Waals surface area contributed by atoms with E-state index in [9.17, 15) is 5.11 Å². The normalized spacial score (nSPS) is 14.4. The first kappa shape index (κ1) is 10.3. The van der Waals surface area contributed by atoms with E-state index in [1.165, 1.54) is 0 Å². The van der Waals surface area contributed by atoms with Gasteiger partial charge in [0.25, 0.3) is 0 Å². The highest BCUT2D eigenvalue weighted by atomic mass is 16.7. The van der Waals surface area contributed by atoms with Crippen molar-refractivity contribution >= 4 is 0 Å². The van der Waals surface area contributed by atoms with Crippen LogP contribution in [0.4, 0.5) is 0 Å². The fourth-order valence-corrected chi connectivity index (χ4v) is 1.75. The molecular weight excluding hydrogens is 192 g/mol. The molecule has 0 unspecified atom stereocenters. The number of aliphatic hydroxyl groups excluding tert-OH is 1. The van der Waals surface area contributed by atoms with E-state index in [4.69, 9.17) is 9.47 Å². The summed E-state index contributed by atoms with van der Waals surface area (Å²) in [5.41, 5.74) is 1.77. The van der Waals surface area contributed by atoms with Gasteiger partial charge in [0.1, 0.15) is 0 Å². The van der Waals surface area contributed by atoms with Crippen molar-refractivity contribution in [3.05, 3.63) is 23.3 Å². The van der Waals surface area contributed by atoms with Gasteiger partial charge in [-0.1, -0.05) is 26.0 Å². The number of hydrogen-bond donors (Lipinski definition) is 1. The van der Waals surface area contributed by atoms with E-state index in [2.05, 4.69) is 0 Å². The summed E-state index contributed by atoms with van der Waals surface area (Å²) in [7, 11) is 0. The molecule has 3 heteroatoms. The monoisotopic (exact) mass is 208 g/mol. The van der Waals surface area contributed by atoms with Gasteiger partial charge in [-0.3, -0.25) is 0 Å². The molecule has 1 aromatic rings. The number of fused-ring (bicyclic) bond motifs is 1. The van der Waals surface area contributed by atoms with Gasteiger partial charge in [-0.2, -0.15) is 0 Å². The third-order valence-electron chi connectivity index (χ3n) is 2.84. The van der Waals surface area contributed by atoms with Crippen molar-refractivity contribution in [3.8, 4) is 11.5 Å². The van der Waals surface area contributed by atoms with Crippen LogP contribution in [-0.4, -0.2) is 18.5 Å². The molecule has 0 aromatic heterocycles. The topological polar surface area (TPSA) is 38.7 Å². The maximum atomic E-state index is 9.35. The molecule has 82 valence electrons. The van der Waals surface area contributed by atoms with Gasteiger partial charge in [0.15, 0.2) is 11.5 Å². The van der Waals surface area contributed by atoms with E-state index in [1.54, 1.807) is 0 Å². The van der Waals surface area contributed by atoms with Crippen molar-refractivity contribution in [1.29, 1.82) is 0 Å². The second-order valence-electron chi connectivity index (χ2n) is 4.54. The minimum absolute atomic E-state index is 0.0891. The van der Waals surface area contributed by atoms with Crippen molar-refractivity contribution in [1.82, 2.24) is 0 Å². The highest BCUT2D eigenvalue weighted by molar-refractivity contribution is 5.55. The summed E-state index contributed by atoms with van der Waals surface area (Å²) in [5, 5.41) is 9.35. The summed E-state index contributed by atoms with van der Waals surface area (Å²) < 4.78 is 10.9. The van der Waals surface area contributed by atoms with Crippen molar-refractivity contribution in [2.24, 2.45) is 0 Å². The summed E-state index contributed by atoms with van der Waals surface area (Å²) in [6.07, 6.45) is 0. The average Bonchev–Trinajstić information content (AvgIpc) is 2.67. The Bertz CT molecular complexity index is 383. The molecule has 0 fully saturated rings. The van der Waals surface area contributed by atoms with Crippen LogP contribution in [0.2, 0.25) is 0 Å². The van der Waals surface area contributed by atoms with E-state index >= 15 is 0 Å². The molecule has 1 aliphatic rings. The number of hydrogen-bond acceptors (Lipinski definition) is 3.